The first-order valence-electron chi connectivity index (χ1n) is 2.48. The lowest BCUT2D eigenvalue weighted by atomic mass is 11.0. The molecule has 3 nitrogen and oxygen atoms in total. The zero-order valence-corrected chi connectivity index (χ0v) is 7.07. The minimum atomic E-state index is 0.884. The standard InChI is InChI=1S/C4H6BrN3S/c5-1-2-9-4-6-3-7-8-4/h3H,1-2H2,(H,6,7,8). The van der Waals surface area contributed by atoms with Crippen LogP contribution in [0.3, 0.4) is 0 Å². The monoisotopic (exact) mass is 207 g/mol. The second-order valence-electron chi connectivity index (χ2n) is 1.33. The fraction of sp³-hybridized carbons (Fsp3) is 0.500. The van der Waals surface area contributed by atoms with Crippen molar-refractivity contribution in [2.45, 2.75) is 5.16 Å². The number of thioether (sulfide) groups is 1. The van der Waals surface area contributed by atoms with E-state index >= 15 is 0 Å². The molecule has 0 fully saturated rings. The summed E-state index contributed by atoms with van der Waals surface area (Å²) in [6, 6.07) is 0. The van der Waals surface area contributed by atoms with Crippen LogP contribution in [0.5, 0.6) is 0 Å². The largest absolute Gasteiger partial charge is 0.323 e. The van der Waals surface area contributed by atoms with Crippen molar-refractivity contribution in [3.8, 4) is 0 Å². The highest BCUT2D eigenvalue weighted by Crippen LogP contribution is 2.10. The summed E-state index contributed by atoms with van der Waals surface area (Å²) in [5.41, 5.74) is 0. The molecule has 0 atom stereocenters. The number of aromatic amines is 1. The summed E-state index contributed by atoms with van der Waals surface area (Å²) >= 11 is 4.96. The minimum absolute atomic E-state index is 0.884. The molecule has 0 radical (unpaired) electrons. The predicted molar refractivity (Wildman–Crippen MR) is 40.9 cm³/mol. The first kappa shape index (κ1) is 7.08. The lowest BCUT2D eigenvalue weighted by Crippen LogP contribution is -1.80. The van der Waals surface area contributed by atoms with Gasteiger partial charge in [-0.15, -0.1) is 10.2 Å². The van der Waals surface area contributed by atoms with Crippen LogP contribution in [0.2, 0.25) is 0 Å². The molecule has 1 aromatic heterocycles. The van der Waals surface area contributed by atoms with Crippen LogP contribution < -0.4 is 0 Å². The number of H-pyrrole nitrogens is 1. The van der Waals surface area contributed by atoms with Crippen molar-refractivity contribution < 1.29 is 0 Å². The van der Waals surface area contributed by atoms with Crippen LogP contribution in [0.25, 0.3) is 0 Å². The normalized spacial score (nSPS) is 9.89. The van der Waals surface area contributed by atoms with E-state index in [2.05, 4.69) is 31.1 Å². The van der Waals surface area contributed by atoms with Crippen molar-refractivity contribution in [3.63, 3.8) is 0 Å². The summed E-state index contributed by atoms with van der Waals surface area (Å²) in [5, 5.41) is 9.29. The van der Waals surface area contributed by atoms with Gasteiger partial charge in [0.1, 0.15) is 6.33 Å². The van der Waals surface area contributed by atoms with E-state index in [0.717, 1.165) is 16.2 Å². The number of hydrogen-bond donors (Lipinski definition) is 1. The second kappa shape index (κ2) is 3.90. The Kier molecular flexibility index (Phi) is 3.06. The van der Waals surface area contributed by atoms with Gasteiger partial charge in [0.2, 0.25) is 0 Å². The number of nitrogens with zero attached hydrogens (tertiary/aromatic N) is 2. The molecule has 1 aromatic rings. The van der Waals surface area contributed by atoms with Gasteiger partial charge in [-0.3, -0.25) is 0 Å². The van der Waals surface area contributed by atoms with Gasteiger partial charge in [0, 0.05) is 11.1 Å². The average Bonchev–Trinajstić information content (AvgIpc) is 2.34. The maximum Gasteiger partial charge on any atom is 0.188 e. The van der Waals surface area contributed by atoms with E-state index in [4.69, 9.17) is 0 Å². The molecule has 1 heterocycles. The van der Waals surface area contributed by atoms with Gasteiger partial charge >= 0.3 is 0 Å². The number of nitrogens with one attached hydrogen (secondary N) is 1. The SMILES string of the molecule is BrCCSc1nnc[nH]1. The molecule has 0 spiro atoms. The molecular weight excluding hydrogens is 202 g/mol. The number of hydrogen-bond acceptors (Lipinski definition) is 3. The summed E-state index contributed by atoms with van der Waals surface area (Å²) in [7, 11) is 0. The van der Waals surface area contributed by atoms with Gasteiger partial charge in [-0.25, -0.2) is 0 Å². The first-order chi connectivity index (χ1) is 4.43. The Bertz CT molecular complexity index is 153. The molecule has 0 bridgehead atoms. The quantitative estimate of drug-likeness (QED) is 0.601. The Morgan fingerprint density at radius 1 is 1.78 bits per heavy atom. The third kappa shape index (κ3) is 2.36. The van der Waals surface area contributed by atoms with Crippen LogP contribution in [0.15, 0.2) is 11.5 Å². The van der Waals surface area contributed by atoms with Crippen LogP contribution in [-0.2, 0) is 0 Å². The van der Waals surface area contributed by atoms with Crippen molar-refractivity contribution in [3.05, 3.63) is 6.33 Å². The first-order valence-corrected chi connectivity index (χ1v) is 4.59. The topological polar surface area (TPSA) is 41.6 Å². The van der Waals surface area contributed by atoms with E-state index in [0.29, 0.717) is 0 Å². The fourth-order valence-electron chi connectivity index (χ4n) is 0.400. The van der Waals surface area contributed by atoms with Gasteiger partial charge in [0.05, 0.1) is 0 Å². The van der Waals surface area contributed by atoms with Gasteiger partial charge < -0.3 is 4.98 Å². The summed E-state index contributed by atoms with van der Waals surface area (Å²) in [4.78, 5) is 2.89. The average molecular weight is 208 g/mol. The lowest BCUT2D eigenvalue weighted by Gasteiger charge is -1.87. The van der Waals surface area contributed by atoms with Crippen LogP contribution in [0.4, 0.5) is 0 Å². The maximum atomic E-state index is 3.79. The van der Waals surface area contributed by atoms with Gasteiger partial charge in [-0.1, -0.05) is 27.7 Å². The Morgan fingerprint density at radius 3 is 3.22 bits per heavy atom. The highest BCUT2D eigenvalue weighted by molar-refractivity contribution is 9.09. The third-order valence-corrected chi connectivity index (χ3v) is 2.51. The van der Waals surface area contributed by atoms with E-state index < -0.39 is 0 Å². The van der Waals surface area contributed by atoms with E-state index in [1.165, 1.54) is 0 Å². The van der Waals surface area contributed by atoms with Crippen LogP contribution >= 0.6 is 27.7 Å². The van der Waals surface area contributed by atoms with Crippen molar-refractivity contribution in [1.82, 2.24) is 15.2 Å². The molecule has 1 rings (SSSR count). The van der Waals surface area contributed by atoms with Crippen molar-refractivity contribution in [2.75, 3.05) is 11.1 Å². The van der Waals surface area contributed by atoms with Gasteiger partial charge in [0.15, 0.2) is 5.16 Å². The van der Waals surface area contributed by atoms with Crippen molar-refractivity contribution >= 4 is 27.7 Å². The van der Waals surface area contributed by atoms with Crippen LogP contribution in [-0.4, -0.2) is 26.3 Å². The number of halogens is 1. The molecule has 1 N–H and O–H groups in total. The zero-order chi connectivity index (χ0) is 6.53. The molecule has 0 amide bonds. The van der Waals surface area contributed by atoms with Gasteiger partial charge in [-0.2, -0.15) is 0 Å². The molecule has 0 saturated carbocycles. The van der Waals surface area contributed by atoms with E-state index in [1.807, 2.05) is 0 Å². The Hall–Kier alpha value is -0.0300. The number of rotatable bonds is 3. The minimum Gasteiger partial charge on any atom is -0.323 e. The fourth-order valence-corrected chi connectivity index (χ4v) is 1.40. The number of alkyl halides is 1. The molecular formula is C4H6BrN3S. The number of aromatic nitrogens is 3. The lowest BCUT2D eigenvalue weighted by molar-refractivity contribution is 0.974. The molecule has 0 aliphatic heterocycles. The summed E-state index contributed by atoms with van der Waals surface area (Å²) < 4.78 is 0. The van der Waals surface area contributed by atoms with Crippen LogP contribution in [0.1, 0.15) is 0 Å². The highest BCUT2D eigenvalue weighted by Gasteiger charge is 1.92. The van der Waals surface area contributed by atoms with Crippen LogP contribution in [0, 0.1) is 0 Å². The van der Waals surface area contributed by atoms with E-state index in [1.54, 1.807) is 18.1 Å². The molecule has 0 aliphatic rings. The molecule has 0 aromatic carbocycles. The molecule has 0 aliphatic carbocycles. The molecule has 0 saturated heterocycles. The maximum absolute atomic E-state index is 3.79. The molecule has 0 unspecified atom stereocenters. The smallest absolute Gasteiger partial charge is 0.188 e. The molecule has 50 valence electrons. The Balaban J connectivity index is 2.30. The summed E-state index contributed by atoms with van der Waals surface area (Å²) in [5.74, 6) is 1.02. The highest BCUT2D eigenvalue weighted by atomic mass is 79.9. The zero-order valence-electron chi connectivity index (χ0n) is 4.67. The van der Waals surface area contributed by atoms with Gasteiger partial charge in [0.25, 0.3) is 0 Å². The predicted octanol–water partition coefficient (Wildman–Crippen LogP) is 1.29. The van der Waals surface area contributed by atoms with E-state index in [-0.39, 0.29) is 0 Å². The van der Waals surface area contributed by atoms with Gasteiger partial charge in [-0.05, 0) is 0 Å². The Labute approximate surface area is 65.8 Å². The molecule has 5 heteroatoms. The summed E-state index contributed by atoms with van der Waals surface area (Å²) in [6.07, 6.45) is 1.58. The van der Waals surface area contributed by atoms with Crippen molar-refractivity contribution in [1.29, 1.82) is 0 Å². The molecule has 9 heavy (non-hydrogen) atoms. The summed E-state index contributed by atoms with van der Waals surface area (Å²) in [6.45, 7) is 0. The Morgan fingerprint density at radius 2 is 2.67 bits per heavy atom. The van der Waals surface area contributed by atoms with E-state index in [9.17, 15) is 0 Å². The van der Waals surface area contributed by atoms with Crippen molar-refractivity contribution in [2.24, 2.45) is 0 Å². The second-order valence-corrected chi connectivity index (χ2v) is 3.21. The third-order valence-electron chi connectivity index (χ3n) is 0.710.